The van der Waals surface area contributed by atoms with E-state index in [9.17, 15) is 4.79 Å². The maximum absolute atomic E-state index is 12.1. The molecule has 1 N–H and O–H groups in total. The Morgan fingerprint density at radius 1 is 1.00 bits per heavy atom. The summed E-state index contributed by atoms with van der Waals surface area (Å²) < 4.78 is 0. The van der Waals surface area contributed by atoms with Gasteiger partial charge in [0.15, 0.2) is 0 Å². The zero-order chi connectivity index (χ0) is 14.4. The van der Waals surface area contributed by atoms with E-state index in [2.05, 4.69) is 24.0 Å². The molecule has 0 fully saturated rings. The van der Waals surface area contributed by atoms with Gasteiger partial charge in [-0.1, -0.05) is 53.8 Å². The van der Waals surface area contributed by atoms with Crippen molar-refractivity contribution in [1.82, 2.24) is 9.97 Å². The highest BCUT2D eigenvalue weighted by molar-refractivity contribution is 7.21. The van der Waals surface area contributed by atoms with Crippen LogP contribution in [0.1, 0.15) is 5.56 Å². The van der Waals surface area contributed by atoms with Crippen molar-refractivity contribution in [3.05, 3.63) is 64.4 Å². The summed E-state index contributed by atoms with van der Waals surface area (Å²) in [5, 5.41) is 2.54. The van der Waals surface area contributed by atoms with Crippen molar-refractivity contribution in [2.24, 2.45) is 0 Å². The van der Waals surface area contributed by atoms with E-state index in [4.69, 9.17) is 4.98 Å². The second-order valence-corrected chi connectivity index (χ2v) is 6.01. The average Bonchev–Trinajstić information content (AvgIpc) is 2.92. The molecule has 0 spiro atoms. The summed E-state index contributed by atoms with van der Waals surface area (Å²) in [5.74, 6) is 0. The first-order chi connectivity index (χ1) is 10.2. The normalized spacial score (nSPS) is 11.3. The molecule has 4 heteroatoms. The average molecular weight is 292 g/mol. The Bertz CT molecular complexity index is 1030. The van der Waals surface area contributed by atoms with Gasteiger partial charge in [-0.05, 0) is 18.6 Å². The predicted octanol–water partition coefficient (Wildman–Crippen LogP) is 4.11. The predicted molar refractivity (Wildman–Crippen MR) is 87.9 cm³/mol. The Hall–Kier alpha value is -2.46. The minimum atomic E-state index is -0.0573. The third-order valence-corrected chi connectivity index (χ3v) is 4.66. The monoisotopic (exact) mass is 292 g/mol. The van der Waals surface area contributed by atoms with Crippen molar-refractivity contribution >= 4 is 32.5 Å². The highest BCUT2D eigenvalue weighted by Gasteiger charge is 2.12. The summed E-state index contributed by atoms with van der Waals surface area (Å²) in [7, 11) is 0. The third kappa shape index (κ3) is 1.87. The summed E-state index contributed by atoms with van der Waals surface area (Å²) in [5.41, 5.74) is 3.11. The molecule has 0 saturated heterocycles. The quantitative estimate of drug-likeness (QED) is 0.574. The van der Waals surface area contributed by atoms with Crippen LogP contribution in [0.2, 0.25) is 0 Å². The van der Waals surface area contributed by atoms with Crippen molar-refractivity contribution in [3.63, 3.8) is 0 Å². The molecule has 0 bridgehead atoms. The molecule has 0 amide bonds. The van der Waals surface area contributed by atoms with E-state index in [0.717, 1.165) is 26.3 Å². The molecule has 3 nitrogen and oxygen atoms in total. The Morgan fingerprint density at radius 2 is 1.71 bits per heavy atom. The number of aryl methyl sites for hydroxylation is 1. The van der Waals surface area contributed by atoms with Crippen LogP contribution in [0.15, 0.2) is 53.3 Å². The van der Waals surface area contributed by atoms with Crippen LogP contribution in [0.3, 0.4) is 0 Å². The molecule has 4 aromatic rings. The fourth-order valence-electron chi connectivity index (χ4n) is 2.57. The van der Waals surface area contributed by atoms with Gasteiger partial charge in [0.25, 0.3) is 5.56 Å². The Labute approximate surface area is 124 Å². The molecule has 2 aromatic carbocycles. The lowest BCUT2D eigenvalue weighted by Gasteiger charge is -1.99. The highest BCUT2D eigenvalue weighted by atomic mass is 32.1. The molecule has 0 saturated carbocycles. The van der Waals surface area contributed by atoms with Crippen molar-refractivity contribution in [1.29, 1.82) is 0 Å². The van der Waals surface area contributed by atoms with Crippen LogP contribution in [0, 0.1) is 6.92 Å². The number of hydrogen-bond donors (Lipinski definition) is 1. The van der Waals surface area contributed by atoms with Gasteiger partial charge < -0.3 is 4.98 Å². The number of thiazole rings is 1. The van der Waals surface area contributed by atoms with Crippen molar-refractivity contribution < 1.29 is 0 Å². The van der Waals surface area contributed by atoms with Crippen molar-refractivity contribution in [2.45, 2.75) is 6.92 Å². The highest BCUT2D eigenvalue weighted by Crippen LogP contribution is 2.32. The molecule has 2 heterocycles. The van der Waals surface area contributed by atoms with Gasteiger partial charge in [-0.15, -0.1) is 0 Å². The van der Waals surface area contributed by atoms with Gasteiger partial charge in [-0.25, -0.2) is 4.98 Å². The van der Waals surface area contributed by atoms with Gasteiger partial charge in [-0.2, -0.15) is 0 Å². The molecule has 4 rings (SSSR count). The number of rotatable bonds is 1. The summed E-state index contributed by atoms with van der Waals surface area (Å²) >= 11 is 1.53. The second kappa shape index (κ2) is 4.53. The van der Waals surface area contributed by atoms with Gasteiger partial charge in [0.05, 0.1) is 0 Å². The van der Waals surface area contributed by atoms with E-state index in [-0.39, 0.29) is 5.56 Å². The summed E-state index contributed by atoms with van der Waals surface area (Å²) in [4.78, 5) is 20.7. The molecular formula is C17H12N2OS. The first-order valence-electron chi connectivity index (χ1n) is 6.71. The van der Waals surface area contributed by atoms with Crippen LogP contribution >= 0.6 is 11.3 Å². The van der Waals surface area contributed by atoms with Crippen LogP contribution < -0.4 is 5.56 Å². The second-order valence-electron chi connectivity index (χ2n) is 5.01. The lowest BCUT2D eigenvalue weighted by atomic mass is 10.1. The number of hydrogen-bond acceptors (Lipinski definition) is 3. The minimum absolute atomic E-state index is 0.0573. The first-order valence-corrected chi connectivity index (χ1v) is 7.53. The van der Waals surface area contributed by atoms with Crippen LogP contribution in [0.25, 0.3) is 31.7 Å². The fourth-order valence-corrected chi connectivity index (χ4v) is 3.64. The molecule has 0 atom stereocenters. The van der Waals surface area contributed by atoms with E-state index in [1.54, 1.807) is 0 Å². The molecule has 0 aliphatic heterocycles. The van der Waals surface area contributed by atoms with E-state index in [1.807, 2.05) is 36.4 Å². The summed E-state index contributed by atoms with van der Waals surface area (Å²) in [6, 6.07) is 15.8. The molecule has 0 aliphatic rings. The van der Waals surface area contributed by atoms with Crippen molar-refractivity contribution in [3.8, 4) is 10.6 Å². The number of pyridine rings is 1. The molecule has 0 radical (unpaired) electrons. The first kappa shape index (κ1) is 12.3. The molecular weight excluding hydrogens is 280 g/mol. The van der Waals surface area contributed by atoms with Crippen LogP contribution in [-0.2, 0) is 0 Å². The number of nitrogens with zero attached hydrogens (tertiary/aromatic N) is 1. The van der Waals surface area contributed by atoms with Crippen molar-refractivity contribution in [2.75, 3.05) is 0 Å². The Kier molecular flexibility index (Phi) is 2.65. The van der Waals surface area contributed by atoms with Crippen LogP contribution in [-0.4, -0.2) is 9.97 Å². The molecule has 2 aromatic heterocycles. The van der Waals surface area contributed by atoms with Crippen LogP contribution in [0.5, 0.6) is 0 Å². The maximum Gasteiger partial charge on any atom is 0.257 e. The maximum atomic E-state index is 12.1. The third-order valence-electron chi connectivity index (χ3n) is 3.66. The number of benzene rings is 2. The van der Waals surface area contributed by atoms with Gasteiger partial charge in [-0.3, -0.25) is 4.79 Å². The topological polar surface area (TPSA) is 45.8 Å². The van der Waals surface area contributed by atoms with E-state index in [1.165, 1.54) is 16.9 Å². The van der Waals surface area contributed by atoms with Gasteiger partial charge in [0.2, 0.25) is 0 Å². The zero-order valence-corrected chi connectivity index (χ0v) is 12.2. The molecule has 0 unspecified atom stereocenters. The largest absolute Gasteiger partial charge is 0.312 e. The van der Waals surface area contributed by atoms with Gasteiger partial charge in [0, 0.05) is 16.3 Å². The van der Waals surface area contributed by atoms with E-state index in [0.29, 0.717) is 5.39 Å². The van der Waals surface area contributed by atoms with E-state index >= 15 is 0 Å². The smallest absolute Gasteiger partial charge is 0.257 e. The minimum Gasteiger partial charge on any atom is -0.312 e. The van der Waals surface area contributed by atoms with E-state index < -0.39 is 0 Å². The summed E-state index contributed by atoms with van der Waals surface area (Å²) in [6.45, 7) is 2.07. The van der Waals surface area contributed by atoms with Crippen LogP contribution in [0.4, 0.5) is 0 Å². The molecule has 21 heavy (non-hydrogen) atoms. The number of fused-ring (bicyclic) bond motifs is 3. The number of H-pyrrole nitrogens is 1. The SMILES string of the molecule is Cc1ccccc1-c1nc2c([nH]c(=O)c3ccccc32)s1. The lowest BCUT2D eigenvalue weighted by molar-refractivity contribution is 1.35. The lowest BCUT2D eigenvalue weighted by Crippen LogP contribution is -2.04. The summed E-state index contributed by atoms with van der Waals surface area (Å²) in [6.07, 6.45) is 0. The standard InChI is InChI=1S/C17H12N2OS/c1-10-6-2-3-7-11(10)16-18-14-12-8-4-5-9-13(12)15(20)19-17(14)21-16/h2-9H,1H3,(H,19,20). The zero-order valence-electron chi connectivity index (χ0n) is 11.4. The Balaban J connectivity index is 2.10. The van der Waals surface area contributed by atoms with Gasteiger partial charge in [0.1, 0.15) is 15.4 Å². The molecule has 102 valence electrons. The number of aromatic nitrogens is 2. The fraction of sp³-hybridized carbons (Fsp3) is 0.0588. The molecule has 0 aliphatic carbocycles. The number of nitrogens with one attached hydrogen (secondary N) is 1. The number of aromatic amines is 1. The van der Waals surface area contributed by atoms with Gasteiger partial charge >= 0.3 is 0 Å². The Morgan fingerprint density at radius 3 is 2.52 bits per heavy atom.